The van der Waals surface area contributed by atoms with Crippen molar-refractivity contribution in [2.75, 3.05) is 4.44 Å². The van der Waals surface area contributed by atoms with Gasteiger partial charge in [-0.3, -0.25) is 10.1 Å². The van der Waals surface area contributed by atoms with E-state index in [4.69, 9.17) is 0 Å². The molecule has 0 N–H and O–H groups in total. The third-order valence-corrected chi connectivity index (χ3v) is 11.1. The lowest BCUT2D eigenvalue weighted by Gasteiger charge is -2.40. The van der Waals surface area contributed by atoms with Gasteiger partial charge in [0.1, 0.15) is 0 Å². The zero-order chi connectivity index (χ0) is 24.7. The van der Waals surface area contributed by atoms with E-state index in [-0.39, 0.29) is 10.6 Å². The number of nitro benzene ring substituents is 1. The summed E-state index contributed by atoms with van der Waals surface area (Å²) in [5.74, 6) is 0. The minimum absolute atomic E-state index is 0.0891. The van der Waals surface area contributed by atoms with E-state index < -0.39 is 16.1 Å². The van der Waals surface area contributed by atoms with Crippen molar-refractivity contribution in [1.29, 1.82) is 0 Å². The molecule has 176 valence electrons. The first-order chi connectivity index (χ1) is 17.7. The monoisotopic (exact) mass is 506 g/mol. The van der Waals surface area contributed by atoms with E-state index in [1.54, 1.807) is 12.1 Å². The van der Waals surface area contributed by atoms with E-state index in [1.165, 1.54) is 21.2 Å². The van der Waals surface area contributed by atoms with Gasteiger partial charge in [-0.1, -0.05) is 121 Å². The number of hydrogen-bond donors (Lipinski definition) is 0. The molecule has 0 saturated carbocycles. The van der Waals surface area contributed by atoms with E-state index in [1.807, 2.05) is 36.4 Å². The van der Waals surface area contributed by atoms with Gasteiger partial charge in [-0.15, -0.1) is 0 Å². The summed E-state index contributed by atoms with van der Waals surface area (Å²) < 4.78 is 2.50. The molecule has 0 atom stereocenters. The smallest absolute Gasteiger partial charge is 0.269 e. The molecule has 5 rings (SSSR count). The Bertz CT molecular complexity index is 1240. The van der Waals surface area contributed by atoms with Crippen molar-refractivity contribution in [3.63, 3.8) is 0 Å². The fourth-order valence-electron chi connectivity index (χ4n) is 4.04. The van der Waals surface area contributed by atoms with Crippen molar-refractivity contribution in [1.82, 2.24) is 0 Å². The van der Waals surface area contributed by atoms with Crippen molar-refractivity contribution in [3.8, 4) is 0 Å². The van der Waals surface area contributed by atoms with Crippen molar-refractivity contribution >= 4 is 48.7 Å². The molecule has 0 bridgehead atoms. The second-order valence-electron chi connectivity index (χ2n) is 8.03. The maximum atomic E-state index is 11.4. The molecule has 5 aromatic carbocycles. The number of rotatable bonds is 8. The fourth-order valence-corrected chi connectivity index (χ4v) is 10.0. The van der Waals surface area contributed by atoms with Crippen LogP contribution in [0.15, 0.2) is 146 Å². The van der Waals surface area contributed by atoms with Gasteiger partial charge < -0.3 is 4.44 Å². The molecule has 0 fully saturated rings. The Hall–Kier alpha value is -3.84. The van der Waals surface area contributed by atoms with Gasteiger partial charge in [0, 0.05) is 39.0 Å². The van der Waals surface area contributed by atoms with Gasteiger partial charge in [-0.25, -0.2) is 0 Å². The molecule has 0 amide bonds. The summed E-state index contributed by atoms with van der Waals surface area (Å²) in [4.78, 5) is 11.1. The lowest BCUT2D eigenvalue weighted by atomic mass is 10.3. The number of hydrogen-bond acceptors (Lipinski definition) is 3. The molecule has 5 aromatic rings. The number of nitro groups is 1. The Morgan fingerprint density at radius 2 is 0.778 bits per heavy atom. The summed E-state index contributed by atoms with van der Waals surface area (Å²) in [5.41, 5.74) is 1.05. The number of non-ortho nitro benzene ring substituents is 1. The van der Waals surface area contributed by atoms with Crippen LogP contribution in [0.25, 0.3) is 0 Å². The summed E-state index contributed by atoms with van der Waals surface area (Å²) in [6.45, 7) is 0. The van der Waals surface area contributed by atoms with Crippen LogP contribution in [-0.2, 0) is 0 Å². The van der Waals surface area contributed by atoms with Gasteiger partial charge in [0.15, 0.2) is 0 Å². The largest absolute Gasteiger partial charge is 0.313 e. The number of benzene rings is 5. The predicted octanol–water partition coefficient (Wildman–Crippen LogP) is 6.50. The Labute approximate surface area is 213 Å². The molecule has 0 aliphatic heterocycles. The zero-order valence-electron chi connectivity index (χ0n) is 19.5. The Morgan fingerprint density at radius 3 is 1.06 bits per heavy atom. The number of nitrogens with zero attached hydrogens (tertiary/aromatic N) is 2. The molecule has 0 saturated heterocycles. The maximum Gasteiger partial charge on any atom is 0.269 e. The highest BCUT2D eigenvalue weighted by Crippen LogP contribution is 2.57. The summed E-state index contributed by atoms with van der Waals surface area (Å²) in [7, 11) is -2.02. The highest BCUT2D eigenvalue weighted by molar-refractivity contribution is 7.90. The third-order valence-electron chi connectivity index (χ3n) is 5.67. The number of anilines is 1. The van der Waals surface area contributed by atoms with Gasteiger partial charge in [0.2, 0.25) is 0 Å². The molecule has 6 heteroatoms. The molecule has 0 unspecified atom stereocenters. The van der Waals surface area contributed by atoms with Crippen LogP contribution in [-0.4, -0.2) is 4.92 Å². The van der Waals surface area contributed by atoms with Crippen molar-refractivity contribution in [2.45, 2.75) is 0 Å². The van der Waals surface area contributed by atoms with Crippen LogP contribution in [0.3, 0.4) is 0 Å². The summed E-state index contributed by atoms with van der Waals surface area (Å²) in [6, 6.07) is 49.2. The lowest BCUT2D eigenvalue weighted by molar-refractivity contribution is -0.384. The lowest BCUT2D eigenvalue weighted by Crippen LogP contribution is -2.31. The predicted molar refractivity (Wildman–Crippen MR) is 154 cm³/mol. The van der Waals surface area contributed by atoms with Crippen molar-refractivity contribution in [2.24, 2.45) is 0 Å². The summed E-state index contributed by atoms with van der Waals surface area (Å²) >= 11 is 0. The van der Waals surface area contributed by atoms with E-state index in [0.717, 1.165) is 5.69 Å². The average molecular weight is 506 g/mol. The minimum Gasteiger partial charge on any atom is -0.313 e. The third kappa shape index (κ3) is 5.21. The molecule has 36 heavy (non-hydrogen) atoms. The summed E-state index contributed by atoms with van der Waals surface area (Å²) in [6.07, 6.45) is 0. The molecule has 0 heterocycles. The highest BCUT2D eigenvalue weighted by atomic mass is 31.2. The SMILES string of the molecule is O=[N+]([O-])c1ccc(N(P(c2ccccc2)c2ccccc2)P(c2ccccc2)c2ccccc2)cc1. The molecule has 0 radical (unpaired) electrons. The van der Waals surface area contributed by atoms with Crippen LogP contribution < -0.4 is 25.7 Å². The zero-order valence-corrected chi connectivity index (χ0v) is 21.3. The normalized spacial score (nSPS) is 10.9. The van der Waals surface area contributed by atoms with Crippen LogP contribution in [0.5, 0.6) is 0 Å². The molecule has 0 spiro atoms. The standard InChI is InChI=1S/C30H24N2O2P2/c33-31(34)25-21-23-26(24-22-25)32(35(27-13-5-1-6-14-27)28-15-7-2-8-16-28)36(29-17-9-3-10-18-29)30-19-11-4-12-20-30/h1-24H. The Balaban J connectivity index is 1.79. The fraction of sp³-hybridized carbons (Fsp3) is 0. The first-order valence-corrected chi connectivity index (χ1v) is 14.2. The molecule has 0 aliphatic carbocycles. The second-order valence-corrected chi connectivity index (χ2v) is 12.5. The van der Waals surface area contributed by atoms with E-state index in [9.17, 15) is 10.1 Å². The first kappa shape index (κ1) is 23.9. The summed E-state index contributed by atoms with van der Waals surface area (Å²) in [5, 5.41) is 16.3. The molecular formula is C30H24N2O2P2. The topological polar surface area (TPSA) is 46.4 Å². The van der Waals surface area contributed by atoms with E-state index >= 15 is 0 Å². The van der Waals surface area contributed by atoms with Gasteiger partial charge in [-0.2, -0.15) is 0 Å². The maximum absolute atomic E-state index is 11.4. The second kappa shape index (κ2) is 11.3. The Kier molecular flexibility index (Phi) is 7.47. The van der Waals surface area contributed by atoms with Crippen LogP contribution >= 0.6 is 16.1 Å². The van der Waals surface area contributed by atoms with E-state index in [0.29, 0.717) is 0 Å². The molecule has 0 aromatic heterocycles. The molecule has 4 nitrogen and oxygen atoms in total. The average Bonchev–Trinajstić information content (AvgIpc) is 2.95. The van der Waals surface area contributed by atoms with Crippen LogP contribution in [0.1, 0.15) is 0 Å². The van der Waals surface area contributed by atoms with Crippen molar-refractivity contribution < 1.29 is 4.92 Å². The van der Waals surface area contributed by atoms with Crippen molar-refractivity contribution in [3.05, 3.63) is 156 Å². The first-order valence-electron chi connectivity index (χ1n) is 11.6. The quantitative estimate of drug-likeness (QED) is 0.137. The van der Waals surface area contributed by atoms with Crippen LogP contribution in [0, 0.1) is 10.1 Å². The minimum atomic E-state index is -1.01. The molecule has 0 aliphatic rings. The van der Waals surface area contributed by atoms with E-state index in [2.05, 4.69) is 102 Å². The Morgan fingerprint density at radius 1 is 0.472 bits per heavy atom. The van der Waals surface area contributed by atoms with Crippen LogP contribution in [0.4, 0.5) is 11.4 Å². The van der Waals surface area contributed by atoms with Gasteiger partial charge in [0.25, 0.3) is 5.69 Å². The highest BCUT2D eigenvalue weighted by Gasteiger charge is 2.32. The molecular weight excluding hydrogens is 482 g/mol. The van der Waals surface area contributed by atoms with Crippen LogP contribution in [0.2, 0.25) is 0 Å². The van der Waals surface area contributed by atoms with Gasteiger partial charge in [-0.05, 0) is 12.1 Å². The van der Waals surface area contributed by atoms with Gasteiger partial charge >= 0.3 is 0 Å². The van der Waals surface area contributed by atoms with Gasteiger partial charge in [0.05, 0.1) is 21.1 Å².